The van der Waals surface area contributed by atoms with Crippen LogP contribution in [0, 0.1) is 13.8 Å². The van der Waals surface area contributed by atoms with Crippen LogP contribution in [-0.4, -0.2) is 40.7 Å². The first kappa shape index (κ1) is 14.7. The van der Waals surface area contributed by atoms with Crippen LogP contribution in [0.5, 0.6) is 0 Å². The van der Waals surface area contributed by atoms with E-state index in [9.17, 15) is 0 Å². The SMILES string of the molecule is CCCN1CN=C(Nc2nc(C)c3cccc(C)c3n2)NC1. The molecule has 6 nitrogen and oxygen atoms in total. The third kappa shape index (κ3) is 3.01. The number of benzene rings is 1. The number of aromatic nitrogens is 2. The molecule has 2 N–H and O–H groups in total. The van der Waals surface area contributed by atoms with Crippen LogP contribution in [0.2, 0.25) is 0 Å². The smallest absolute Gasteiger partial charge is 0.230 e. The monoisotopic (exact) mass is 298 g/mol. The van der Waals surface area contributed by atoms with E-state index in [1.807, 2.05) is 13.0 Å². The summed E-state index contributed by atoms with van der Waals surface area (Å²) in [5.41, 5.74) is 3.11. The van der Waals surface area contributed by atoms with Crippen LogP contribution in [0.3, 0.4) is 0 Å². The summed E-state index contributed by atoms with van der Waals surface area (Å²) in [5.74, 6) is 1.33. The summed E-state index contributed by atoms with van der Waals surface area (Å²) in [6.07, 6.45) is 1.13. The molecule has 0 amide bonds. The molecule has 0 radical (unpaired) electrons. The second-order valence-electron chi connectivity index (χ2n) is 5.61. The lowest BCUT2D eigenvalue weighted by Crippen LogP contribution is -2.46. The predicted octanol–water partition coefficient (Wildman–Crippen LogP) is 2.24. The number of nitrogens with one attached hydrogen (secondary N) is 2. The Balaban J connectivity index is 1.82. The van der Waals surface area contributed by atoms with Crippen molar-refractivity contribution in [2.24, 2.45) is 4.99 Å². The van der Waals surface area contributed by atoms with Gasteiger partial charge in [0.2, 0.25) is 11.9 Å². The molecule has 2 heterocycles. The number of hydrogen-bond acceptors (Lipinski definition) is 6. The Bertz CT molecular complexity index is 709. The lowest BCUT2D eigenvalue weighted by molar-refractivity contribution is 0.265. The van der Waals surface area contributed by atoms with Crippen LogP contribution in [0.25, 0.3) is 10.9 Å². The fraction of sp³-hybridized carbons (Fsp3) is 0.438. The molecule has 0 aliphatic carbocycles. The van der Waals surface area contributed by atoms with Crippen LogP contribution < -0.4 is 10.6 Å². The third-order valence-electron chi connectivity index (χ3n) is 3.79. The molecule has 1 aromatic carbocycles. The molecule has 22 heavy (non-hydrogen) atoms. The maximum Gasteiger partial charge on any atom is 0.230 e. The number of fused-ring (bicyclic) bond motifs is 1. The van der Waals surface area contributed by atoms with Gasteiger partial charge in [-0.1, -0.05) is 25.1 Å². The summed E-state index contributed by atoms with van der Waals surface area (Å²) < 4.78 is 0. The summed E-state index contributed by atoms with van der Waals surface area (Å²) in [6, 6.07) is 6.16. The Labute approximate surface area is 130 Å². The molecule has 1 aliphatic rings. The van der Waals surface area contributed by atoms with Gasteiger partial charge in [-0.3, -0.25) is 10.2 Å². The molecule has 2 aromatic rings. The maximum atomic E-state index is 4.63. The van der Waals surface area contributed by atoms with E-state index in [1.165, 1.54) is 0 Å². The Morgan fingerprint density at radius 2 is 2.14 bits per heavy atom. The molecular formula is C16H22N6. The van der Waals surface area contributed by atoms with Crippen molar-refractivity contribution >= 4 is 22.8 Å². The molecule has 1 aliphatic heterocycles. The molecule has 0 saturated heterocycles. The average Bonchev–Trinajstić information content (AvgIpc) is 2.51. The fourth-order valence-corrected chi connectivity index (χ4v) is 2.62. The molecule has 0 fully saturated rings. The molecule has 0 unspecified atom stereocenters. The van der Waals surface area contributed by atoms with Crippen LogP contribution in [-0.2, 0) is 0 Å². The van der Waals surface area contributed by atoms with E-state index in [0.29, 0.717) is 12.6 Å². The minimum absolute atomic E-state index is 0.592. The second-order valence-corrected chi connectivity index (χ2v) is 5.61. The molecule has 0 atom stereocenters. The van der Waals surface area contributed by atoms with E-state index in [4.69, 9.17) is 0 Å². The Morgan fingerprint density at radius 1 is 1.27 bits per heavy atom. The van der Waals surface area contributed by atoms with Crippen LogP contribution >= 0.6 is 0 Å². The number of rotatable bonds is 3. The number of anilines is 1. The second kappa shape index (κ2) is 6.27. The first-order valence-electron chi connectivity index (χ1n) is 7.69. The first-order chi connectivity index (χ1) is 10.7. The average molecular weight is 298 g/mol. The van der Waals surface area contributed by atoms with Gasteiger partial charge in [0, 0.05) is 11.9 Å². The number of aliphatic imine (C=N–C) groups is 1. The van der Waals surface area contributed by atoms with E-state index in [2.05, 4.69) is 56.5 Å². The van der Waals surface area contributed by atoms with Crippen molar-refractivity contribution in [3.8, 4) is 0 Å². The van der Waals surface area contributed by atoms with Crippen LogP contribution in [0.15, 0.2) is 23.2 Å². The third-order valence-corrected chi connectivity index (χ3v) is 3.79. The zero-order valence-corrected chi connectivity index (χ0v) is 13.3. The number of hydrogen-bond donors (Lipinski definition) is 2. The topological polar surface area (TPSA) is 65.4 Å². The van der Waals surface area contributed by atoms with Gasteiger partial charge in [-0.2, -0.15) is 0 Å². The molecule has 0 bridgehead atoms. The maximum absolute atomic E-state index is 4.63. The van der Waals surface area contributed by atoms with Crippen molar-refractivity contribution in [1.82, 2.24) is 20.2 Å². The molecule has 116 valence electrons. The quantitative estimate of drug-likeness (QED) is 0.910. The number of nitrogens with zero attached hydrogens (tertiary/aromatic N) is 4. The van der Waals surface area contributed by atoms with Crippen molar-refractivity contribution in [2.45, 2.75) is 27.2 Å². The Kier molecular flexibility index (Phi) is 4.20. The molecule has 0 saturated carbocycles. The molecule has 6 heteroatoms. The highest BCUT2D eigenvalue weighted by Crippen LogP contribution is 2.20. The fourth-order valence-electron chi connectivity index (χ4n) is 2.62. The van der Waals surface area contributed by atoms with Gasteiger partial charge < -0.3 is 5.32 Å². The highest BCUT2D eigenvalue weighted by Gasteiger charge is 2.13. The molecule has 3 rings (SSSR count). The van der Waals surface area contributed by atoms with Gasteiger partial charge in [-0.05, 0) is 25.8 Å². The highest BCUT2D eigenvalue weighted by atomic mass is 15.4. The summed E-state index contributed by atoms with van der Waals surface area (Å²) >= 11 is 0. The van der Waals surface area contributed by atoms with Gasteiger partial charge in [0.25, 0.3) is 0 Å². The van der Waals surface area contributed by atoms with Crippen LogP contribution in [0.1, 0.15) is 24.6 Å². The Hall–Kier alpha value is -2.21. The molecule has 0 spiro atoms. The van der Waals surface area contributed by atoms with Gasteiger partial charge in [-0.25, -0.2) is 15.0 Å². The Morgan fingerprint density at radius 3 is 2.86 bits per heavy atom. The summed E-state index contributed by atoms with van der Waals surface area (Å²) in [6.45, 7) is 8.80. The molecule has 1 aromatic heterocycles. The van der Waals surface area contributed by atoms with E-state index >= 15 is 0 Å². The van der Waals surface area contributed by atoms with Gasteiger partial charge in [0.1, 0.15) is 0 Å². The van der Waals surface area contributed by atoms with Crippen molar-refractivity contribution in [1.29, 1.82) is 0 Å². The van der Waals surface area contributed by atoms with Crippen molar-refractivity contribution < 1.29 is 0 Å². The number of aryl methyl sites for hydroxylation is 2. The minimum atomic E-state index is 0.592. The number of guanidine groups is 1. The summed E-state index contributed by atoms with van der Waals surface area (Å²) in [5, 5.41) is 7.56. The van der Waals surface area contributed by atoms with E-state index in [-0.39, 0.29) is 0 Å². The summed E-state index contributed by atoms with van der Waals surface area (Å²) in [7, 11) is 0. The van der Waals surface area contributed by atoms with Gasteiger partial charge in [0.05, 0.1) is 24.5 Å². The van der Waals surface area contributed by atoms with E-state index < -0.39 is 0 Å². The number of para-hydroxylation sites is 1. The van der Waals surface area contributed by atoms with Gasteiger partial charge in [0.15, 0.2) is 0 Å². The predicted molar refractivity (Wildman–Crippen MR) is 89.9 cm³/mol. The van der Waals surface area contributed by atoms with Crippen LogP contribution in [0.4, 0.5) is 5.95 Å². The largest absolute Gasteiger partial charge is 0.343 e. The zero-order chi connectivity index (χ0) is 15.5. The van der Waals surface area contributed by atoms with E-state index in [0.717, 1.165) is 47.8 Å². The van der Waals surface area contributed by atoms with E-state index in [1.54, 1.807) is 0 Å². The van der Waals surface area contributed by atoms with Crippen molar-refractivity contribution in [2.75, 3.05) is 25.2 Å². The van der Waals surface area contributed by atoms with Crippen molar-refractivity contribution in [3.05, 3.63) is 29.5 Å². The van der Waals surface area contributed by atoms with Crippen molar-refractivity contribution in [3.63, 3.8) is 0 Å². The van der Waals surface area contributed by atoms with Gasteiger partial charge >= 0.3 is 0 Å². The standard InChI is InChI=1S/C16H22N6/c1-4-8-22-9-17-15(18-10-22)21-16-19-12(3)13-7-5-6-11(2)14(13)20-16/h5-7H,4,8-10H2,1-3H3,(H2,17,18,19,20,21). The van der Waals surface area contributed by atoms with Gasteiger partial charge in [-0.15, -0.1) is 0 Å². The summed E-state index contributed by atoms with van der Waals surface area (Å²) in [4.78, 5) is 15.9. The zero-order valence-electron chi connectivity index (χ0n) is 13.3. The molecular weight excluding hydrogens is 276 g/mol. The first-order valence-corrected chi connectivity index (χ1v) is 7.69. The lowest BCUT2D eigenvalue weighted by Gasteiger charge is -2.26. The highest BCUT2D eigenvalue weighted by molar-refractivity contribution is 5.93. The lowest BCUT2D eigenvalue weighted by atomic mass is 10.1. The minimum Gasteiger partial charge on any atom is -0.343 e. The normalized spacial score (nSPS) is 15.5.